The molecule has 0 aliphatic carbocycles. The molecule has 10 rings (SSSR count). The van der Waals surface area contributed by atoms with Crippen molar-refractivity contribution in [3.63, 3.8) is 0 Å². The monoisotopic (exact) mass is 893 g/mol. The Kier molecular flexibility index (Phi) is 15.3. The number of fused-ring (bicyclic) bond motifs is 3. The molecule has 0 unspecified atom stereocenters. The van der Waals surface area contributed by atoms with E-state index in [0.717, 1.165) is 68.3 Å². The second kappa shape index (κ2) is 21.4. The number of benzene rings is 5. The summed E-state index contributed by atoms with van der Waals surface area (Å²) >= 11 is 2.77. The molecule has 7 nitrogen and oxygen atoms in total. The van der Waals surface area contributed by atoms with Gasteiger partial charge in [0.2, 0.25) is 5.69 Å². The molecule has 0 atom stereocenters. The first-order valence-corrected chi connectivity index (χ1v) is 24.0. The average Bonchev–Trinajstić information content (AvgIpc) is 3.66. The van der Waals surface area contributed by atoms with E-state index in [4.69, 9.17) is 7.58 Å². The van der Waals surface area contributed by atoms with Crippen molar-refractivity contribution in [2.75, 3.05) is 0 Å². The van der Waals surface area contributed by atoms with Gasteiger partial charge in [-0.2, -0.15) is 0 Å². The van der Waals surface area contributed by atoms with Crippen molar-refractivity contribution >= 4 is 72.2 Å². The van der Waals surface area contributed by atoms with E-state index < -0.39 is 8.07 Å². The fourth-order valence-corrected chi connectivity index (χ4v) is 14.1. The van der Waals surface area contributed by atoms with Crippen LogP contribution < -0.4 is 38.4 Å². The van der Waals surface area contributed by atoms with Crippen LogP contribution in [0.2, 0.25) is 0 Å². The minimum atomic E-state index is -2.54. The molecule has 310 valence electrons. The third-order valence-electron chi connectivity index (χ3n) is 11.3. The Morgan fingerprint density at radius 2 is 1.23 bits per heavy atom. The van der Waals surface area contributed by atoms with Gasteiger partial charge in [-0.05, 0) is 88.1 Å². The maximum absolute atomic E-state index is 13.2. The van der Waals surface area contributed by atoms with Crippen LogP contribution in [0.4, 0.5) is 4.39 Å². The summed E-state index contributed by atoms with van der Waals surface area (Å²) in [7, 11) is -2.54. The van der Waals surface area contributed by atoms with Crippen molar-refractivity contribution < 1.29 is 22.1 Å². The number of aromatic amines is 1. The van der Waals surface area contributed by atoms with Crippen molar-refractivity contribution in [2.45, 2.75) is 20.3 Å². The zero-order valence-electron chi connectivity index (χ0n) is 36.2. The van der Waals surface area contributed by atoms with Crippen LogP contribution in [0, 0.1) is 12.7 Å². The van der Waals surface area contributed by atoms with Crippen molar-refractivity contribution in [2.24, 2.45) is 0 Å². The topological polar surface area (TPSA) is 94.3 Å². The number of aromatic nitrogens is 4. The predicted molar refractivity (Wildman–Crippen MR) is 263 cm³/mol. The fraction of sp³-hybridized carbons (Fsp3) is 0.0566. The van der Waals surface area contributed by atoms with E-state index in [1.807, 2.05) is 79.9 Å². The summed E-state index contributed by atoms with van der Waals surface area (Å²) in [4.78, 5) is 16.6. The van der Waals surface area contributed by atoms with Gasteiger partial charge in [0.25, 0.3) is 0 Å². The van der Waals surface area contributed by atoms with Gasteiger partial charge in [-0.15, -0.1) is 0 Å². The van der Waals surface area contributed by atoms with Crippen LogP contribution in [-0.2, 0) is 6.42 Å². The van der Waals surface area contributed by atoms with E-state index >= 15 is 0 Å². The molecule has 65 heavy (non-hydrogen) atoms. The molecule has 1 aliphatic rings. The summed E-state index contributed by atoms with van der Waals surface area (Å²) < 4.78 is 23.8. The molecule has 0 spiro atoms. The number of nitrogens with zero attached hydrogens (tertiary/aromatic N) is 3. The number of aryl methyl sites for hydroxylation is 2. The van der Waals surface area contributed by atoms with Crippen molar-refractivity contribution in [1.82, 2.24) is 15.0 Å². The second-order valence-electron chi connectivity index (χ2n) is 15.0. The average molecular weight is 894 g/mol. The Balaban J connectivity index is 0.000000151. The zero-order chi connectivity index (χ0) is 44.5. The molecule has 4 aromatic heterocycles. The van der Waals surface area contributed by atoms with Crippen LogP contribution in [0.1, 0.15) is 18.1 Å². The molecule has 1 N–H and O–H groups in total. The van der Waals surface area contributed by atoms with Crippen LogP contribution in [0.25, 0.3) is 45.0 Å². The second-order valence-corrected chi connectivity index (χ2v) is 19.3. The summed E-state index contributed by atoms with van der Waals surface area (Å²) in [5, 5.41) is 18.3. The first-order chi connectivity index (χ1) is 31.4. The summed E-state index contributed by atoms with van der Waals surface area (Å²) in [6.45, 7) is 3.96. The van der Waals surface area contributed by atoms with Gasteiger partial charge in [0, 0.05) is 52.6 Å². The quantitative estimate of drug-likeness (QED) is 0.162. The number of H-pyrrole nitrogens is 1. The number of hydrogen-bond acceptors (Lipinski definition) is 6. The molecule has 0 fully saturated rings. The van der Waals surface area contributed by atoms with Gasteiger partial charge in [-0.1, -0.05) is 128 Å². The Bertz CT molecular complexity index is 2970. The van der Waals surface area contributed by atoms with Gasteiger partial charge >= 0.3 is 43.4 Å². The third-order valence-corrected chi connectivity index (χ3v) is 16.7. The number of rotatable bonds is 8. The van der Waals surface area contributed by atoms with Crippen molar-refractivity contribution in [3.8, 4) is 62.3 Å². The van der Waals surface area contributed by atoms with E-state index in [-0.39, 0.29) is 21.7 Å². The molecule has 0 saturated heterocycles. The third kappa shape index (κ3) is 9.50. The molecule has 5 heterocycles. The van der Waals surface area contributed by atoms with Crippen molar-refractivity contribution in [1.29, 1.82) is 0 Å². The molecule has 1 aliphatic heterocycles. The van der Waals surface area contributed by atoms with E-state index in [2.05, 4.69) is 118 Å². The number of hydrogen-bond donors (Lipinski definition) is 0. The summed E-state index contributed by atoms with van der Waals surface area (Å²) in [6.07, 6.45) is 8.02. The van der Waals surface area contributed by atoms with Crippen LogP contribution in [-0.4, -0.2) is 66.4 Å². The minimum Gasteiger partial charge on any atom is -0.872 e. The van der Waals surface area contributed by atoms with Crippen LogP contribution in [0.15, 0.2) is 195 Å². The Labute approximate surface area is 400 Å². The van der Waals surface area contributed by atoms with Gasteiger partial charge in [-0.3, -0.25) is 15.0 Å². The van der Waals surface area contributed by atoms with Crippen molar-refractivity contribution in [3.05, 3.63) is 212 Å². The molecule has 9 aromatic rings. The van der Waals surface area contributed by atoms with Gasteiger partial charge in [0.1, 0.15) is 23.0 Å². The van der Waals surface area contributed by atoms with E-state index in [0.29, 0.717) is 5.75 Å². The minimum absolute atomic E-state index is 0. The summed E-state index contributed by atoms with van der Waals surface area (Å²) in [5.74, 6) is 1.09. The molecule has 0 saturated carbocycles. The molecule has 12 heteroatoms. The number of pyridine rings is 4. The van der Waals surface area contributed by atoms with Gasteiger partial charge in [0.05, 0.1) is 11.4 Å². The van der Waals surface area contributed by atoms with Gasteiger partial charge in [0.15, 0.2) is 14.3 Å². The smallest absolute Gasteiger partial charge is 0.872 e. The van der Waals surface area contributed by atoms with E-state index in [9.17, 15) is 9.50 Å². The SMILES string of the molecule is CCc1cc([O-])c2c(c1)[Si](c1ccccc1)(c1ccccc1)c1ccc[nH+]c1-2.Cc1cc(F)cc([O][AlH])c1-c1ccccn1.[AlH][O]c1cccnc1-c1ncccc1-c1ccccc1.[Be+2]. The number of nitrogens with one attached hydrogen (secondary N) is 1. The van der Waals surface area contributed by atoms with Crippen LogP contribution in [0.5, 0.6) is 17.2 Å². The molecule has 5 aromatic carbocycles. The zero-order valence-corrected chi connectivity index (χ0v) is 40.1. The molecule has 0 bridgehead atoms. The first kappa shape index (κ1) is 46.5. The fourth-order valence-electron chi connectivity index (χ4n) is 8.49. The van der Waals surface area contributed by atoms with Crippen LogP contribution >= 0.6 is 0 Å². The molecule has 2 radical (unpaired) electrons. The van der Waals surface area contributed by atoms with Gasteiger partial charge < -0.3 is 12.7 Å². The molecular weight excluding hydrogens is 851 g/mol. The Morgan fingerprint density at radius 3 is 1.86 bits per heavy atom. The van der Waals surface area contributed by atoms with Gasteiger partial charge in [-0.25, -0.2) is 9.37 Å². The van der Waals surface area contributed by atoms with E-state index in [1.54, 1.807) is 18.6 Å². The van der Waals surface area contributed by atoms with E-state index in [1.165, 1.54) is 66.1 Å². The standard InChI is InChI=1S/C25H21NOSi.C16H12N2O.C12H10FNO.2Al.Be.2H/c1-2-18-16-21(27)24-23(17-18)28(19-10-5-3-6-11-19,20-12-7-4-8-13-20)22-14-9-15-26-25(22)24;19-14-9-5-11-18-16(14)15-13(8-4-10-17-15)12-6-2-1-3-7-12;1-8-6-9(13)7-11(15)12(8)10-4-2-3-5-14-10;;;;;/h3-17,27H,2H2,1H3;1-11,19H;2-7,15H,1H3;;;;;/q;;;2*+1;+2;;/p-2. The Morgan fingerprint density at radius 1 is 0.615 bits per heavy atom. The number of halogens is 1. The Hall–Kier alpha value is -6.52. The maximum Gasteiger partial charge on any atom is 2.00 e. The maximum atomic E-state index is 13.2. The van der Waals surface area contributed by atoms with Crippen LogP contribution in [0.3, 0.4) is 0 Å². The predicted octanol–water partition coefficient (Wildman–Crippen LogP) is 6.51. The first-order valence-electron chi connectivity index (χ1n) is 20.9. The molecule has 0 amide bonds. The normalized spacial score (nSPS) is 11.6. The summed E-state index contributed by atoms with van der Waals surface area (Å²) in [6, 6.07) is 56.2. The molecular formula is C53H43Al2BeFN4O3Si+2. The summed E-state index contributed by atoms with van der Waals surface area (Å²) in [5.41, 5.74) is 9.18. The largest absolute Gasteiger partial charge is 2.00 e.